The molecule has 0 unspecified atom stereocenters. The van der Waals surface area contributed by atoms with E-state index in [4.69, 9.17) is 5.73 Å². The quantitative estimate of drug-likeness (QED) is 0.630. The molecule has 3 heteroatoms. The largest absolute Gasteiger partial charge is 0.399 e. The van der Waals surface area contributed by atoms with E-state index in [9.17, 15) is 0 Å². The van der Waals surface area contributed by atoms with Gasteiger partial charge < -0.3 is 5.73 Å². The van der Waals surface area contributed by atoms with Gasteiger partial charge in [0.05, 0.1) is 5.71 Å². The van der Waals surface area contributed by atoms with Gasteiger partial charge in [0.25, 0.3) is 0 Å². The van der Waals surface area contributed by atoms with Gasteiger partial charge in [0.15, 0.2) is 0 Å². The minimum Gasteiger partial charge on any atom is -0.399 e. The number of nitrogens with two attached hydrogens (primary N) is 1. The Kier molecular flexibility index (Phi) is 3.13. The Morgan fingerprint density at radius 3 is 2.21 bits per heavy atom. The SMILES string of the molecule is Nc1ccc(C2=CN=C(c3ccc(S)cc3)C2)cc1. The second-order valence-corrected chi connectivity index (χ2v) is 5.09. The average Bonchev–Trinajstić information content (AvgIpc) is 2.90. The molecule has 1 heterocycles. The highest BCUT2D eigenvalue weighted by Crippen LogP contribution is 2.27. The van der Waals surface area contributed by atoms with Gasteiger partial charge in [0.2, 0.25) is 0 Å². The van der Waals surface area contributed by atoms with Gasteiger partial charge in [-0.05, 0) is 41.0 Å². The predicted molar refractivity (Wildman–Crippen MR) is 83.7 cm³/mol. The standard InChI is InChI=1S/C16H14N2S/c17-14-5-1-11(2-6-14)13-9-16(18-10-13)12-3-7-15(19)8-4-12/h1-8,10,19H,9,17H2. The van der Waals surface area contributed by atoms with E-state index in [1.54, 1.807) is 0 Å². The van der Waals surface area contributed by atoms with E-state index in [2.05, 4.69) is 29.8 Å². The smallest absolute Gasteiger partial charge is 0.0520 e. The molecule has 0 radical (unpaired) electrons. The van der Waals surface area contributed by atoms with Crippen molar-refractivity contribution < 1.29 is 0 Å². The van der Waals surface area contributed by atoms with Crippen molar-refractivity contribution in [1.82, 2.24) is 0 Å². The van der Waals surface area contributed by atoms with Gasteiger partial charge in [-0.3, -0.25) is 4.99 Å². The van der Waals surface area contributed by atoms with Crippen LogP contribution in [0.3, 0.4) is 0 Å². The Morgan fingerprint density at radius 1 is 0.895 bits per heavy atom. The van der Waals surface area contributed by atoms with E-state index in [0.29, 0.717) is 0 Å². The first-order valence-corrected chi connectivity index (χ1v) is 6.58. The number of rotatable bonds is 2. The van der Waals surface area contributed by atoms with Gasteiger partial charge in [-0.2, -0.15) is 0 Å². The van der Waals surface area contributed by atoms with Crippen molar-refractivity contribution >= 4 is 29.6 Å². The molecule has 0 spiro atoms. The number of allylic oxidation sites excluding steroid dienone is 1. The second kappa shape index (κ2) is 4.94. The lowest BCUT2D eigenvalue weighted by Crippen LogP contribution is -1.97. The summed E-state index contributed by atoms with van der Waals surface area (Å²) >= 11 is 4.29. The highest BCUT2D eigenvalue weighted by atomic mass is 32.1. The first-order chi connectivity index (χ1) is 9.22. The van der Waals surface area contributed by atoms with E-state index < -0.39 is 0 Å². The van der Waals surface area contributed by atoms with E-state index in [1.165, 1.54) is 11.1 Å². The minimum atomic E-state index is 0.785. The second-order valence-electron chi connectivity index (χ2n) is 4.58. The highest BCUT2D eigenvalue weighted by Gasteiger charge is 2.13. The summed E-state index contributed by atoms with van der Waals surface area (Å²) in [5, 5.41) is 0. The summed E-state index contributed by atoms with van der Waals surface area (Å²) < 4.78 is 0. The van der Waals surface area contributed by atoms with Crippen molar-refractivity contribution in [3.05, 3.63) is 65.9 Å². The van der Waals surface area contributed by atoms with Crippen LogP contribution in [0.5, 0.6) is 0 Å². The lowest BCUT2D eigenvalue weighted by Gasteiger charge is -2.05. The fourth-order valence-corrected chi connectivity index (χ4v) is 2.28. The number of benzene rings is 2. The Balaban J connectivity index is 1.78. The molecule has 19 heavy (non-hydrogen) atoms. The van der Waals surface area contributed by atoms with Crippen LogP contribution in [0.2, 0.25) is 0 Å². The van der Waals surface area contributed by atoms with Crippen molar-refractivity contribution in [3.8, 4) is 0 Å². The molecule has 94 valence electrons. The van der Waals surface area contributed by atoms with Crippen LogP contribution in [-0.2, 0) is 0 Å². The average molecular weight is 266 g/mol. The summed E-state index contributed by atoms with van der Waals surface area (Å²) in [5.74, 6) is 0. The molecule has 1 aliphatic heterocycles. The number of thiol groups is 1. The third-order valence-electron chi connectivity index (χ3n) is 3.22. The van der Waals surface area contributed by atoms with Gasteiger partial charge in [-0.1, -0.05) is 24.3 Å². The summed E-state index contributed by atoms with van der Waals surface area (Å²) in [6.45, 7) is 0. The number of aliphatic imine (C=N–C) groups is 1. The van der Waals surface area contributed by atoms with Crippen LogP contribution in [0, 0.1) is 0 Å². The van der Waals surface area contributed by atoms with E-state index in [1.807, 2.05) is 42.6 Å². The van der Waals surface area contributed by atoms with E-state index in [0.717, 1.165) is 28.3 Å². The van der Waals surface area contributed by atoms with Crippen molar-refractivity contribution in [2.75, 3.05) is 5.73 Å². The lowest BCUT2D eigenvalue weighted by molar-refractivity contribution is 1.42. The maximum Gasteiger partial charge on any atom is 0.0520 e. The Morgan fingerprint density at radius 2 is 1.53 bits per heavy atom. The topological polar surface area (TPSA) is 38.4 Å². The molecule has 0 saturated carbocycles. The van der Waals surface area contributed by atoms with E-state index >= 15 is 0 Å². The van der Waals surface area contributed by atoms with Crippen LogP contribution >= 0.6 is 12.6 Å². The monoisotopic (exact) mass is 266 g/mol. The molecule has 0 aliphatic carbocycles. The molecular formula is C16H14N2S. The minimum absolute atomic E-state index is 0.785. The molecule has 0 aromatic heterocycles. The van der Waals surface area contributed by atoms with Gasteiger partial charge in [-0.15, -0.1) is 12.6 Å². The fraction of sp³-hybridized carbons (Fsp3) is 0.0625. The van der Waals surface area contributed by atoms with Crippen molar-refractivity contribution in [1.29, 1.82) is 0 Å². The third-order valence-corrected chi connectivity index (χ3v) is 3.51. The molecule has 0 amide bonds. The van der Waals surface area contributed by atoms with Crippen LogP contribution in [-0.4, -0.2) is 5.71 Å². The van der Waals surface area contributed by atoms with Gasteiger partial charge >= 0.3 is 0 Å². The van der Waals surface area contributed by atoms with Gasteiger partial charge in [0, 0.05) is 23.2 Å². The van der Waals surface area contributed by atoms with Gasteiger partial charge in [-0.25, -0.2) is 0 Å². The first kappa shape index (κ1) is 12.1. The van der Waals surface area contributed by atoms with Crippen molar-refractivity contribution in [3.63, 3.8) is 0 Å². The molecule has 0 fully saturated rings. The fourth-order valence-electron chi connectivity index (χ4n) is 2.13. The molecule has 2 aromatic carbocycles. The third kappa shape index (κ3) is 2.56. The van der Waals surface area contributed by atoms with Crippen LogP contribution in [0.1, 0.15) is 17.5 Å². The van der Waals surface area contributed by atoms with Gasteiger partial charge in [0.1, 0.15) is 0 Å². The highest BCUT2D eigenvalue weighted by molar-refractivity contribution is 7.80. The maximum absolute atomic E-state index is 5.70. The van der Waals surface area contributed by atoms with Crippen LogP contribution in [0.15, 0.2) is 64.6 Å². The molecule has 2 nitrogen and oxygen atoms in total. The summed E-state index contributed by atoms with van der Waals surface area (Å²) in [6.07, 6.45) is 2.80. The van der Waals surface area contributed by atoms with Crippen LogP contribution in [0.25, 0.3) is 5.57 Å². The van der Waals surface area contributed by atoms with Crippen molar-refractivity contribution in [2.45, 2.75) is 11.3 Å². The Hall–Kier alpha value is -2.00. The zero-order chi connectivity index (χ0) is 13.2. The first-order valence-electron chi connectivity index (χ1n) is 6.13. The molecule has 2 N–H and O–H groups in total. The summed E-state index contributed by atoms with van der Waals surface area (Å²) in [5.41, 5.74) is 11.1. The Labute approximate surface area is 118 Å². The Bertz CT molecular complexity index is 593. The van der Waals surface area contributed by atoms with Crippen molar-refractivity contribution in [2.24, 2.45) is 4.99 Å². The number of hydrogen-bond donors (Lipinski definition) is 2. The number of anilines is 1. The van der Waals surface area contributed by atoms with E-state index in [-0.39, 0.29) is 0 Å². The summed E-state index contributed by atoms with van der Waals surface area (Å²) in [4.78, 5) is 5.48. The number of nitrogen functional groups attached to an aromatic ring is 1. The number of nitrogens with zero attached hydrogens (tertiary/aromatic N) is 1. The normalized spacial score (nSPS) is 14.2. The molecule has 2 aromatic rings. The molecule has 0 atom stereocenters. The van der Waals surface area contributed by atoms with Crippen LogP contribution < -0.4 is 5.73 Å². The number of hydrogen-bond acceptors (Lipinski definition) is 3. The zero-order valence-corrected chi connectivity index (χ0v) is 11.3. The lowest BCUT2D eigenvalue weighted by atomic mass is 9.99. The predicted octanol–water partition coefficient (Wildman–Crippen LogP) is 3.79. The molecular weight excluding hydrogens is 252 g/mol. The van der Waals surface area contributed by atoms with Crippen LogP contribution in [0.4, 0.5) is 5.69 Å². The maximum atomic E-state index is 5.70. The molecule has 3 rings (SSSR count). The molecule has 0 saturated heterocycles. The molecule has 1 aliphatic rings. The zero-order valence-electron chi connectivity index (χ0n) is 10.4. The molecule has 0 bridgehead atoms. The summed E-state index contributed by atoms with van der Waals surface area (Å²) in [7, 11) is 0. The summed E-state index contributed by atoms with van der Waals surface area (Å²) in [6, 6.07) is 16.0.